The lowest BCUT2D eigenvalue weighted by atomic mass is 10.1. The monoisotopic (exact) mass is 494 g/mol. The van der Waals surface area contributed by atoms with Crippen molar-refractivity contribution in [2.45, 2.75) is 11.9 Å². The maximum atomic E-state index is 13.4. The molecule has 138 valence electrons. The van der Waals surface area contributed by atoms with Gasteiger partial charge in [-0.25, -0.2) is 4.79 Å². The first kappa shape index (κ1) is 20.4. The summed E-state index contributed by atoms with van der Waals surface area (Å²) >= 11 is 6.31. The molecule has 0 fully saturated rings. The average molecular weight is 496 g/mol. The number of nitrogens with one attached hydrogen (secondary N) is 1. The van der Waals surface area contributed by atoms with Gasteiger partial charge in [0.2, 0.25) is 0 Å². The van der Waals surface area contributed by atoms with Crippen LogP contribution in [-0.4, -0.2) is 29.3 Å². The molecule has 0 aliphatic rings. The van der Waals surface area contributed by atoms with Gasteiger partial charge in [-0.2, -0.15) is 13.2 Å². The van der Waals surface area contributed by atoms with Crippen LogP contribution in [0.2, 0.25) is 0 Å². The molecular weight excluding hydrogens is 485 g/mol. The van der Waals surface area contributed by atoms with E-state index in [1.54, 1.807) is 12.1 Å². The number of amides is 2. The van der Waals surface area contributed by atoms with E-state index in [4.69, 9.17) is 0 Å². The van der Waals surface area contributed by atoms with E-state index in [0.29, 0.717) is 8.95 Å². The van der Waals surface area contributed by atoms with Crippen LogP contribution in [0.25, 0.3) is 0 Å². The smallest absolute Gasteiger partial charge is 0.357 e. The van der Waals surface area contributed by atoms with Crippen molar-refractivity contribution in [1.29, 1.82) is 0 Å². The van der Waals surface area contributed by atoms with Gasteiger partial charge in [0.25, 0.3) is 0 Å². The zero-order chi connectivity index (χ0) is 19.5. The summed E-state index contributed by atoms with van der Waals surface area (Å²) in [6, 6.07) is 9.74. The van der Waals surface area contributed by atoms with Crippen molar-refractivity contribution in [3.63, 3.8) is 0 Å². The fraction of sp³-hybridized carbons (Fsp3) is 0.125. The molecule has 5 nitrogen and oxygen atoms in total. The quantitative estimate of drug-likeness (QED) is 0.477. The molecule has 26 heavy (non-hydrogen) atoms. The number of anilines is 2. The third kappa shape index (κ3) is 4.25. The van der Waals surface area contributed by atoms with E-state index >= 15 is 0 Å². The first-order valence-electron chi connectivity index (χ1n) is 6.96. The summed E-state index contributed by atoms with van der Waals surface area (Å²) in [6.45, 7) is 0. The zero-order valence-electron chi connectivity index (χ0n) is 12.8. The molecule has 1 atom stereocenters. The predicted molar refractivity (Wildman–Crippen MR) is 96.9 cm³/mol. The molecule has 2 aromatic carbocycles. The minimum atomic E-state index is -5.42. The number of alkyl halides is 3. The Morgan fingerprint density at radius 3 is 1.88 bits per heavy atom. The van der Waals surface area contributed by atoms with Crippen LogP contribution < -0.4 is 10.2 Å². The minimum absolute atomic E-state index is 0.0471. The summed E-state index contributed by atoms with van der Waals surface area (Å²) in [4.78, 5) is 23.6. The van der Waals surface area contributed by atoms with Crippen molar-refractivity contribution in [2.24, 2.45) is 0 Å². The Hall–Kier alpha value is -1.91. The van der Waals surface area contributed by atoms with Crippen LogP contribution in [0, 0.1) is 0 Å². The summed E-state index contributed by atoms with van der Waals surface area (Å²) in [5.41, 5.74) is -4.19. The number of benzene rings is 2. The molecule has 0 heterocycles. The second-order valence-corrected chi connectivity index (χ2v) is 6.92. The summed E-state index contributed by atoms with van der Waals surface area (Å²) in [5, 5.41) is 12.2. The van der Waals surface area contributed by atoms with Gasteiger partial charge in [0, 0.05) is 20.3 Å². The average Bonchev–Trinajstić information content (AvgIpc) is 2.57. The summed E-state index contributed by atoms with van der Waals surface area (Å²) < 4.78 is 41.3. The molecule has 0 saturated heterocycles. The standard InChI is InChI=1S/C16H11Br2F3N2O3/c17-10-1-5-12(6-2-10)22-14(25)23(13-7-3-11(18)4-8-13)15(26,9-24)16(19,20)21/h1-9,26H,(H,22,25). The lowest BCUT2D eigenvalue weighted by Gasteiger charge is -2.36. The molecule has 2 amide bonds. The fourth-order valence-corrected chi connectivity index (χ4v) is 2.55. The molecule has 10 heteroatoms. The SMILES string of the molecule is O=CC(O)(N(C(=O)Nc1ccc(Br)cc1)c1ccc(Br)cc1)C(F)(F)F. The molecule has 0 aliphatic heterocycles. The number of carbonyl (C=O) groups excluding carboxylic acids is 2. The van der Waals surface area contributed by atoms with Crippen molar-refractivity contribution in [3.8, 4) is 0 Å². The molecule has 1 unspecified atom stereocenters. The topological polar surface area (TPSA) is 69.6 Å². The van der Waals surface area contributed by atoms with E-state index in [-0.39, 0.29) is 16.3 Å². The Bertz CT molecular complexity index is 798. The first-order valence-corrected chi connectivity index (χ1v) is 8.55. The molecule has 2 N–H and O–H groups in total. The van der Waals surface area contributed by atoms with Crippen molar-refractivity contribution in [1.82, 2.24) is 0 Å². The number of nitrogens with zero attached hydrogens (tertiary/aromatic N) is 1. The molecule has 0 aliphatic carbocycles. The van der Waals surface area contributed by atoms with E-state index in [9.17, 15) is 27.9 Å². The molecule has 0 radical (unpaired) electrons. The van der Waals surface area contributed by atoms with Crippen LogP contribution in [0.1, 0.15) is 0 Å². The molecule has 0 spiro atoms. The van der Waals surface area contributed by atoms with Crippen LogP contribution in [0.15, 0.2) is 57.5 Å². The molecule has 2 aromatic rings. The van der Waals surface area contributed by atoms with Crippen LogP contribution in [0.3, 0.4) is 0 Å². The Labute approximate surface area is 163 Å². The molecule has 0 saturated carbocycles. The van der Waals surface area contributed by atoms with Crippen LogP contribution in [0.5, 0.6) is 0 Å². The largest absolute Gasteiger partial charge is 0.444 e. The Kier molecular flexibility index (Phi) is 6.09. The second-order valence-electron chi connectivity index (χ2n) is 5.09. The van der Waals surface area contributed by atoms with Gasteiger partial charge >= 0.3 is 17.9 Å². The van der Waals surface area contributed by atoms with Crippen LogP contribution in [0.4, 0.5) is 29.3 Å². The van der Waals surface area contributed by atoms with Gasteiger partial charge in [-0.15, -0.1) is 0 Å². The van der Waals surface area contributed by atoms with E-state index in [1.165, 1.54) is 24.3 Å². The van der Waals surface area contributed by atoms with Crippen molar-refractivity contribution in [2.75, 3.05) is 10.2 Å². The number of aliphatic hydroxyl groups is 1. The number of urea groups is 1. The molecule has 0 aromatic heterocycles. The minimum Gasteiger partial charge on any atom is -0.357 e. The number of hydrogen-bond donors (Lipinski definition) is 2. The van der Waals surface area contributed by atoms with Crippen molar-refractivity contribution in [3.05, 3.63) is 57.5 Å². The predicted octanol–water partition coefficient (Wildman–Crippen LogP) is 4.70. The van der Waals surface area contributed by atoms with E-state index in [0.717, 1.165) is 12.1 Å². The van der Waals surface area contributed by atoms with E-state index in [2.05, 4.69) is 37.2 Å². The van der Waals surface area contributed by atoms with Gasteiger partial charge in [0.15, 0.2) is 6.29 Å². The first-order chi connectivity index (χ1) is 12.1. The third-order valence-corrected chi connectivity index (χ3v) is 4.36. The highest BCUT2D eigenvalue weighted by molar-refractivity contribution is 9.10. The lowest BCUT2D eigenvalue weighted by Crippen LogP contribution is -2.63. The van der Waals surface area contributed by atoms with Crippen molar-refractivity contribution >= 4 is 55.6 Å². The van der Waals surface area contributed by atoms with E-state index < -0.39 is 24.2 Å². The van der Waals surface area contributed by atoms with Gasteiger partial charge in [-0.1, -0.05) is 31.9 Å². The number of carbonyl (C=O) groups is 2. The van der Waals surface area contributed by atoms with Crippen molar-refractivity contribution < 1.29 is 27.9 Å². The fourth-order valence-electron chi connectivity index (χ4n) is 2.02. The number of rotatable bonds is 4. The van der Waals surface area contributed by atoms with Gasteiger partial charge in [0.05, 0.1) is 0 Å². The maximum Gasteiger partial charge on any atom is 0.444 e. The lowest BCUT2D eigenvalue weighted by molar-refractivity contribution is -0.241. The Morgan fingerprint density at radius 1 is 1.00 bits per heavy atom. The van der Waals surface area contributed by atoms with Gasteiger partial charge in [-0.05, 0) is 48.5 Å². The molecule has 0 bridgehead atoms. The van der Waals surface area contributed by atoms with Crippen LogP contribution in [-0.2, 0) is 4.79 Å². The highest BCUT2D eigenvalue weighted by Crippen LogP contribution is 2.36. The summed E-state index contributed by atoms with van der Waals surface area (Å²) in [7, 11) is 0. The number of aldehydes is 1. The summed E-state index contributed by atoms with van der Waals surface area (Å²) in [6.07, 6.45) is -6.14. The summed E-state index contributed by atoms with van der Waals surface area (Å²) in [5.74, 6) is 0. The number of halogens is 5. The Balaban J connectivity index is 2.49. The highest BCUT2D eigenvalue weighted by atomic mass is 79.9. The zero-order valence-corrected chi connectivity index (χ0v) is 16.0. The van der Waals surface area contributed by atoms with Gasteiger partial charge < -0.3 is 10.4 Å². The third-order valence-electron chi connectivity index (χ3n) is 3.31. The highest BCUT2D eigenvalue weighted by Gasteiger charge is 2.60. The van der Waals surface area contributed by atoms with Gasteiger partial charge in [-0.3, -0.25) is 9.69 Å². The molecule has 2 rings (SSSR count). The van der Waals surface area contributed by atoms with Gasteiger partial charge in [0.1, 0.15) is 0 Å². The van der Waals surface area contributed by atoms with E-state index in [1.807, 2.05) is 0 Å². The molecular formula is C16H11Br2F3N2O3. The second kappa shape index (κ2) is 7.77. The Morgan fingerprint density at radius 2 is 1.46 bits per heavy atom. The normalized spacial score (nSPS) is 13.6. The van der Waals surface area contributed by atoms with Crippen LogP contribution >= 0.6 is 31.9 Å². The maximum absolute atomic E-state index is 13.4. The number of hydrogen-bond acceptors (Lipinski definition) is 3.